The number of aliphatic hydroxyl groups is 5. The molecule has 8 amide bonds. The van der Waals surface area contributed by atoms with E-state index in [4.69, 9.17) is 5.11 Å². The molecule has 0 saturated heterocycles. The zero-order valence-corrected chi connectivity index (χ0v) is 32.7. The summed E-state index contributed by atoms with van der Waals surface area (Å²) in [6.45, 7) is 1.96. The normalized spacial score (nSPS) is 15.5. The lowest BCUT2D eigenvalue weighted by atomic mass is 10.0. The van der Waals surface area contributed by atoms with Crippen molar-refractivity contribution in [3.8, 4) is 0 Å². The molecule has 0 spiro atoms. The minimum Gasteiger partial charge on any atom is -0.394 e. The number of benzene rings is 1. The molecule has 20 nitrogen and oxygen atoms in total. The van der Waals surface area contributed by atoms with Crippen LogP contribution in [0.25, 0.3) is 0 Å². The molecule has 0 unspecified atom stereocenters. The van der Waals surface area contributed by atoms with E-state index in [1.165, 1.54) is 12.2 Å². The average molecular weight is 820 g/mol. The predicted octanol–water partition coefficient (Wildman–Crippen LogP) is -3.98. The molecule has 0 aromatic heterocycles. The largest absolute Gasteiger partial charge is 0.394 e. The van der Waals surface area contributed by atoms with Crippen LogP contribution in [0.3, 0.4) is 0 Å². The highest BCUT2D eigenvalue weighted by Crippen LogP contribution is 2.09. The number of nitrogens with one attached hydrogen (secondary N) is 6. The Morgan fingerprint density at radius 3 is 1.83 bits per heavy atom. The highest BCUT2D eigenvalue weighted by Gasteiger charge is 2.31. The van der Waals surface area contributed by atoms with Crippen molar-refractivity contribution in [2.45, 2.75) is 95.3 Å². The molecule has 0 aliphatic carbocycles. The minimum atomic E-state index is -1.92. The molecule has 1 aromatic rings. The van der Waals surface area contributed by atoms with Crippen LogP contribution in [0.1, 0.15) is 57.9 Å². The number of hydrogen-bond acceptors (Lipinski definition) is 13. The Bertz CT molecular complexity index is 1560. The molecule has 0 radical (unpaired) electrons. The topological polar surface area (TPSA) is 313 Å². The summed E-state index contributed by atoms with van der Waals surface area (Å²) >= 11 is 0. The second kappa shape index (κ2) is 25.9. The zero-order valence-electron chi connectivity index (χ0n) is 32.7. The fraction of sp³-hybridized carbons (Fsp3) is 0.579. The minimum absolute atomic E-state index is 0.0575. The van der Waals surface area contributed by atoms with Gasteiger partial charge in [-0.2, -0.15) is 0 Å². The maximum absolute atomic E-state index is 13.3. The number of unbranched alkanes of at least 4 members (excludes halogenated alkanes) is 2. The molecule has 0 fully saturated rings. The Morgan fingerprint density at radius 2 is 1.21 bits per heavy atom. The summed E-state index contributed by atoms with van der Waals surface area (Å²) in [7, 11) is 0. The lowest BCUT2D eigenvalue weighted by Gasteiger charge is -2.25. The summed E-state index contributed by atoms with van der Waals surface area (Å²) in [5.74, 6) is -4.65. The number of amides is 8. The monoisotopic (exact) mass is 819 g/mol. The second-order valence-electron chi connectivity index (χ2n) is 14.2. The van der Waals surface area contributed by atoms with Gasteiger partial charge in [0.05, 0.1) is 25.8 Å². The van der Waals surface area contributed by atoms with Gasteiger partial charge in [0, 0.05) is 51.0 Å². The molecular formula is C38H57N7O13. The fourth-order valence-electron chi connectivity index (χ4n) is 5.45. The van der Waals surface area contributed by atoms with E-state index in [9.17, 15) is 58.8 Å². The van der Waals surface area contributed by atoms with Crippen molar-refractivity contribution in [3.63, 3.8) is 0 Å². The van der Waals surface area contributed by atoms with Gasteiger partial charge in [0.1, 0.15) is 30.4 Å². The van der Waals surface area contributed by atoms with Gasteiger partial charge in [0.25, 0.3) is 11.8 Å². The van der Waals surface area contributed by atoms with E-state index in [1.54, 1.807) is 30.3 Å². The van der Waals surface area contributed by atoms with Crippen molar-refractivity contribution in [1.29, 1.82) is 0 Å². The molecule has 1 aliphatic heterocycles. The average Bonchev–Trinajstić information content (AvgIpc) is 3.53. The van der Waals surface area contributed by atoms with Crippen LogP contribution in [0.2, 0.25) is 0 Å². The first-order chi connectivity index (χ1) is 27.5. The Hall–Kier alpha value is -5.28. The molecule has 0 saturated carbocycles. The van der Waals surface area contributed by atoms with Crippen LogP contribution in [0, 0.1) is 5.92 Å². The number of hydrogen-bond donors (Lipinski definition) is 11. The van der Waals surface area contributed by atoms with Gasteiger partial charge in [-0.25, -0.2) is 0 Å². The molecular weight excluding hydrogens is 762 g/mol. The molecule has 11 N–H and O–H groups in total. The first-order valence-corrected chi connectivity index (χ1v) is 19.1. The SMILES string of the molecule is CC(C)CNC(=O)CNC(=O)[C@H](Cc1ccccc1)NC(=O)CNC(=O)[C@H](CCC(=O)NC[C@H](O)[C@@H](O)[C@H](O)[C@H](O)CO)NC(=O)CCCCCN1C(=O)C=CC1=O. The van der Waals surface area contributed by atoms with Crippen LogP contribution >= 0.6 is 0 Å². The van der Waals surface area contributed by atoms with Gasteiger partial charge in [0.15, 0.2) is 0 Å². The van der Waals surface area contributed by atoms with Gasteiger partial charge in [0.2, 0.25) is 35.4 Å². The maximum atomic E-state index is 13.3. The number of rotatable bonds is 27. The van der Waals surface area contributed by atoms with E-state index in [-0.39, 0.29) is 38.3 Å². The molecule has 6 atom stereocenters. The van der Waals surface area contributed by atoms with Gasteiger partial charge >= 0.3 is 0 Å². The van der Waals surface area contributed by atoms with E-state index in [0.717, 1.165) is 4.90 Å². The highest BCUT2D eigenvalue weighted by molar-refractivity contribution is 6.12. The van der Waals surface area contributed by atoms with Crippen LogP contribution in [0.4, 0.5) is 0 Å². The summed E-state index contributed by atoms with van der Waals surface area (Å²) < 4.78 is 0. The summed E-state index contributed by atoms with van der Waals surface area (Å²) in [5, 5.41) is 63.3. The van der Waals surface area contributed by atoms with Crippen molar-refractivity contribution in [1.82, 2.24) is 36.8 Å². The molecule has 1 heterocycles. The smallest absolute Gasteiger partial charge is 0.253 e. The predicted molar refractivity (Wildman–Crippen MR) is 206 cm³/mol. The van der Waals surface area contributed by atoms with E-state index in [0.29, 0.717) is 31.4 Å². The third kappa shape index (κ3) is 18.3. The lowest BCUT2D eigenvalue weighted by Crippen LogP contribution is -2.53. The summed E-state index contributed by atoms with van der Waals surface area (Å²) in [6, 6.07) is 6.28. The first-order valence-electron chi connectivity index (χ1n) is 19.1. The van der Waals surface area contributed by atoms with Crippen LogP contribution in [0.5, 0.6) is 0 Å². The van der Waals surface area contributed by atoms with Crippen LogP contribution in [0.15, 0.2) is 42.5 Å². The van der Waals surface area contributed by atoms with E-state index >= 15 is 0 Å². The molecule has 58 heavy (non-hydrogen) atoms. The number of carbonyl (C=O) groups is 8. The number of nitrogens with zero attached hydrogens (tertiary/aromatic N) is 1. The van der Waals surface area contributed by atoms with Gasteiger partial charge < -0.3 is 57.4 Å². The van der Waals surface area contributed by atoms with Crippen molar-refractivity contribution < 1.29 is 63.9 Å². The van der Waals surface area contributed by atoms with Gasteiger partial charge in [-0.1, -0.05) is 50.6 Å². The van der Waals surface area contributed by atoms with Crippen LogP contribution in [-0.2, 0) is 44.8 Å². The van der Waals surface area contributed by atoms with Crippen molar-refractivity contribution in [2.24, 2.45) is 5.92 Å². The third-order valence-corrected chi connectivity index (χ3v) is 8.82. The van der Waals surface area contributed by atoms with Crippen LogP contribution in [-0.4, -0.2) is 154 Å². The van der Waals surface area contributed by atoms with Crippen molar-refractivity contribution in [2.75, 3.05) is 39.3 Å². The summed E-state index contributed by atoms with van der Waals surface area (Å²) in [4.78, 5) is 102. The Labute approximate surface area is 336 Å². The summed E-state index contributed by atoms with van der Waals surface area (Å²) in [6.07, 6.45) is -4.47. The van der Waals surface area contributed by atoms with Crippen LogP contribution < -0.4 is 31.9 Å². The molecule has 322 valence electrons. The zero-order chi connectivity index (χ0) is 43.2. The van der Waals surface area contributed by atoms with Crippen molar-refractivity contribution >= 4 is 47.3 Å². The third-order valence-electron chi connectivity index (χ3n) is 8.82. The Balaban J connectivity index is 2.02. The van der Waals surface area contributed by atoms with Crippen molar-refractivity contribution in [3.05, 3.63) is 48.0 Å². The van der Waals surface area contributed by atoms with E-state index < -0.39 is 110 Å². The van der Waals surface area contributed by atoms with Gasteiger partial charge in [-0.3, -0.25) is 43.3 Å². The lowest BCUT2D eigenvalue weighted by molar-refractivity contribution is -0.137. The Morgan fingerprint density at radius 1 is 0.638 bits per heavy atom. The second-order valence-corrected chi connectivity index (χ2v) is 14.2. The molecule has 20 heteroatoms. The molecule has 1 aromatic carbocycles. The van der Waals surface area contributed by atoms with E-state index in [2.05, 4.69) is 31.9 Å². The van der Waals surface area contributed by atoms with E-state index in [1.807, 2.05) is 13.8 Å². The molecule has 1 aliphatic rings. The fourth-order valence-corrected chi connectivity index (χ4v) is 5.45. The number of aliphatic hydroxyl groups excluding tert-OH is 5. The number of carbonyl (C=O) groups excluding carboxylic acids is 8. The molecule has 0 bridgehead atoms. The first kappa shape index (κ1) is 48.9. The number of imide groups is 1. The quantitative estimate of drug-likeness (QED) is 0.0299. The Kier molecular flexibility index (Phi) is 21.8. The van der Waals surface area contributed by atoms with Gasteiger partial charge in [-0.15, -0.1) is 0 Å². The van der Waals surface area contributed by atoms with Gasteiger partial charge in [-0.05, 0) is 30.7 Å². The molecule has 2 rings (SSSR count). The maximum Gasteiger partial charge on any atom is 0.253 e. The summed E-state index contributed by atoms with van der Waals surface area (Å²) in [5.41, 5.74) is 0.702. The standard InChI is InChI=1S/C38H57N7O13/c1-23(2)18-39-31(51)20-41-38(58)26(17-24-9-5-3-6-10-24)44-32(52)21-42-37(57)25(12-13-29(49)40-19-27(47)35(55)36(56)28(48)22-46)43-30(50)11-7-4-8-16-45-33(53)14-15-34(45)54/h3,5-6,9-10,14-15,23,25-28,35-36,46-48,55-56H,4,7-8,11-13,16-22H2,1-2H3,(H,39,51)(H,40,49)(H,41,58)(H,42,57)(H,43,50)(H,44,52)/t25-,26-,27-,28+,35+,36+/m0/s1. The highest BCUT2D eigenvalue weighted by atomic mass is 16.4.